The van der Waals surface area contributed by atoms with Gasteiger partial charge in [0.25, 0.3) is 11.2 Å². The molecule has 0 bridgehead atoms. The summed E-state index contributed by atoms with van der Waals surface area (Å²) in [5, 5.41) is 11.8. The number of nitrogens with zero attached hydrogens (tertiary/aromatic N) is 4. The maximum Gasteiger partial charge on any atom is 0.416 e. The molecule has 186 valence electrons. The Bertz CT molecular complexity index is 1320. The van der Waals surface area contributed by atoms with Crippen molar-refractivity contribution in [2.24, 2.45) is 0 Å². The third-order valence-corrected chi connectivity index (χ3v) is 5.85. The van der Waals surface area contributed by atoms with Crippen LogP contribution in [0, 0.1) is 10.1 Å². The highest BCUT2D eigenvalue weighted by atomic mass is 19.4. The standard InChI is InChI=1S/C22H22F3N5O5/c1-34-18-10-14-15(11-19(18)35-2)26-20(27-21(14)31)12-28-5-7-29(8-6-28)16-4-3-13(22(23,24)25)9-17(16)30(32)33/h3-4,9-11H,5-8,12H2,1-2H3,(H,26,27,31). The molecular formula is C22H22F3N5O5. The number of H-pyrrole nitrogens is 1. The number of hydrogen-bond acceptors (Lipinski definition) is 8. The lowest BCUT2D eigenvalue weighted by atomic mass is 10.1. The predicted molar refractivity (Wildman–Crippen MR) is 121 cm³/mol. The van der Waals surface area contributed by atoms with Crippen LogP contribution >= 0.6 is 0 Å². The maximum atomic E-state index is 13.0. The molecule has 0 unspecified atom stereocenters. The summed E-state index contributed by atoms with van der Waals surface area (Å²) in [5.74, 6) is 1.29. The molecule has 35 heavy (non-hydrogen) atoms. The Labute approximate surface area is 197 Å². The number of nitro groups is 1. The zero-order valence-electron chi connectivity index (χ0n) is 18.9. The third kappa shape index (κ3) is 4.99. The molecule has 3 aromatic rings. The Morgan fingerprint density at radius 1 is 1.09 bits per heavy atom. The van der Waals surface area contributed by atoms with Crippen molar-refractivity contribution in [2.45, 2.75) is 12.7 Å². The van der Waals surface area contributed by atoms with Gasteiger partial charge in [0.2, 0.25) is 0 Å². The first kappa shape index (κ1) is 24.3. The lowest BCUT2D eigenvalue weighted by Crippen LogP contribution is -2.46. The van der Waals surface area contributed by atoms with Gasteiger partial charge >= 0.3 is 6.18 Å². The highest BCUT2D eigenvalue weighted by molar-refractivity contribution is 5.81. The molecular weight excluding hydrogens is 471 g/mol. The second kappa shape index (κ2) is 9.41. The van der Waals surface area contributed by atoms with Crippen molar-refractivity contribution >= 4 is 22.3 Å². The highest BCUT2D eigenvalue weighted by Crippen LogP contribution is 2.37. The average Bonchev–Trinajstić information content (AvgIpc) is 2.82. The number of nitrogens with one attached hydrogen (secondary N) is 1. The molecule has 0 aliphatic carbocycles. The van der Waals surface area contributed by atoms with Gasteiger partial charge in [0.05, 0.1) is 42.2 Å². The van der Waals surface area contributed by atoms with Crippen LogP contribution in [0.4, 0.5) is 24.5 Å². The van der Waals surface area contributed by atoms with Gasteiger partial charge in [-0.1, -0.05) is 0 Å². The molecule has 10 nitrogen and oxygen atoms in total. The zero-order valence-corrected chi connectivity index (χ0v) is 18.9. The lowest BCUT2D eigenvalue weighted by Gasteiger charge is -2.35. The number of benzene rings is 2. The third-order valence-electron chi connectivity index (χ3n) is 5.85. The van der Waals surface area contributed by atoms with Crippen LogP contribution in [0.2, 0.25) is 0 Å². The fourth-order valence-electron chi connectivity index (χ4n) is 4.06. The largest absolute Gasteiger partial charge is 0.493 e. The second-order valence-corrected chi connectivity index (χ2v) is 7.96. The molecule has 2 heterocycles. The van der Waals surface area contributed by atoms with E-state index in [-0.39, 0.29) is 11.2 Å². The fourth-order valence-corrected chi connectivity index (χ4v) is 4.06. The van der Waals surface area contributed by atoms with Crippen LogP contribution < -0.4 is 19.9 Å². The Morgan fingerprint density at radius 3 is 2.34 bits per heavy atom. The first-order valence-electron chi connectivity index (χ1n) is 10.6. The zero-order chi connectivity index (χ0) is 25.3. The summed E-state index contributed by atoms with van der Waals surface area (Å²) < 4.78 is 49.5. The second-order valence-electron chi connectivity index (χ2n) is 7.96. The van der Waals surface area contributed by atoms with E-state index in [0.29, 0.717) is 67.0 Å². The Kier molecular flexibility index (Phi) is 6.52. The molecule has 13 heteroatoms. The smallest absolute Gasteiger partial charge is 0.416 e. The van der Waals surface area contributed by atoms with Crippen LogP contribution in [0.5, 0.6) is 11.5 Å². The van der Waals surface area contributed by atoms with E-state index in [1.165, 1.54) is 14.2 Å². The van der Waals surface area contributed by atoms with Gasteiger partial charge in [0.15, 0.2) is 11.5 Å². The van der Waals surface area contributed by atoms with Crippen LogP contribution in [0.25, 0.3) is 10.9 Å². The van der Waals surface area contributed by atoms with E-state index in [1.54, 1.807) is 17.0 Å². The molecule has 1 saturated heterocycles. The molecule has 0 radical (unpaired) electrons. The van der Waals surface area contributed by atoms with Gasteiger partial charge in [0.1, 0.15) is 11.5 Å². The number of hydrogen-bond donors (Lipinski definition) is 1. The van der Waals surface area contributed by atoms with Gasteiger partial charge in [-0.25, -0.2) is 4.98 Å². The molecule has 1 aromatic heterocycles. The van der Waals surface area contributed by atoms with E-state index in [0.717, 1.165) is 12.1 Å². The van der Waals surface area contributed by atoms with Crippen LogP contribution in [-0.2, 0) is 12.7 Å². The van der Waals surface area contributed by atoms with Crippen molar-refractivity contribution in [3.63, 3.8) is 0 Å². The monoisotopic (exact) mass is 493 g/mol. The minimum absolute atomic E-state index is 0.140. The molecule has 0 amide bonds. The number of piperazine rings is 1. The number of methoxy groups -OCH3 is 2. The van der Waals surface area contributed by atoms with Crippen LogP contribution in [0.3, 0.4) is 0 Å². The molecule has 0 spiro atoms. The predicted octanol–water partition coefficient (Wildman–Crippen LogP) is 3.19. The summed E-state index contributed by atoms with van der Waals surface area (Å²) in [4.78, 5) is 34.2. The summed E-state index contributed by atoms with van der Waals surface area (Å²) in [6.45, 7) is 1.96. The van der Waals surface area contributed by atoms with Crippen molar-refractivity contribution < 1.29 is 27.6 Å². The number of aromatic nitrogens is 2. The minimum Gasteiger partial charge on any atom is -0.493 e. The van der Waals surface area contributed by atoms with Gasteiger partial charge in [0, 0.05) is 38.3 Å². The van der Waals surface area contributed by atoms with Gasteiger partial charge in [-0.3, -0.25) is 19.8 Å². The lowest BCUT2D eigenvalue weighted by molar-refractivity contribution is -0.384. The number of nitro benzene ring substituents is 1. The quantitative estimate of drug-likeness (QED) is 0.412. The Hall–Kier alpha value is -3.87. The molecule has 1 aliphatic rings. The van der Waals surface area contributed by atoms with E-state index in [4.69, 9.17) is 9.47 Å². The summed E-state index contributed by atoms with van der Waals surface area (Å²) in [5.41, 5.74) is -1.39. The van der Waals surface area contributed by atoms with Gasteiger partial charge in [-0.05, 0) is 18.2 Å². The first-order valence-corrected chi connectivity index (χ1v) is 10.6. The topological polar surface area (TPSA) is 114 Å². The number of aromatic amines is 1. The first-order chi connectivity index (χ1) is 16.6. The van der Waals surface area contributed by atoms with Crippen molar-refractivity contribution in [1.82, 2.24) is 14.9 Å². The van der Waals surface area contributed by atoms with E-state index in [2.05, 4.69) is 9.97 Å². The summed E-state index contributed by atoms with van der Waals surface area (Å²) >= 11 is 0. The van der Waals surface area contributed by atoms with E-state index >= 15 is 0 Å². The molecule has 1 fully saturated rings. The van der Waals surface area contributed by atoms with Crippen LogP contribution in [0.1, 0.15) is 11.4 Å². The molecule has 0 saturated carbocycles. The number of alkyl halides is 3. The summed E-state index contributed by atoms with van der Waals surface area (Å²) in [6, 6.07) is 5.73. The SMILES string of the molecule is COc1cc2nc(CN3CCN(c4ccc(C(F)(F)F)cc4[N+](=O)[O-])CC3)[nH]c(=O)c2cc1OC. The molecule has 4 rings (SSSR count). The number of fused-ring (bicyclic) bond motifs is 1. The van der Waals surface area contributed by atoms with Crippen molar-refractivity contribution in [2.75, 3.05) is 45.3 Å². The van der Waals surface area contributed by atoms with E-state index in [9.17, 15) is 28.1 Å². The fraction of sp³-hybridized carbons (Fsp3) is 0.364. The van der Waals surface area contributed by atoms with Crippen molar-refractivity contribution in [1.29, 1.82) is 0 Å². The van der Waals surface area contributed by atoms with Crippen molar-refractivity contribution in [3.8, 4) is 11.5 Å². The molecule has 2 aromatic carbocycles. The maximum absolute atomic E-state index is 13.0. The van der Waals surface area contributed by atoms with Gasteiger partial charge in [-0.15, -0.1) is 0 Å². The van der Waals surface area contributed by atoms with Crippen molar-refractivity contribution in [3.05, 3.63) is 62.2 Å². The summed E-state index contributed by atoms with van der Waals surface area (Å²) in [6.07, 6.45) is -4.67. The number of halogens is 3. The van der Waals surface area contributed by atoms with Crippen LogP contribution in [-0.4, -0.2) is 60.2 Å². The summed E-state index contributed by atoms with van der Waals surface area (Å²) in [7, 11) is 2.96. The minimum atomic E-state index is -4.67. The van der Waals surface area contributed by atoms with Gasteiger partial charge < -0.3 is 19.4 Å². The van der Waals surface area contributed by atoms with Gasteiger partial charge in [-0.2, -0.15) is 13.2 Å². The van der Waals surface area contributed by atoms with E-state index < -0.39 is 22.4 Å². The molecule has 1 aliphatic heterocycles. The number of rotatable bonds is 6. The average molecular weight is 493 g/mol. The Morgan fingerprint density at radius 2 is 1.74 bits per heavy atom. The molecule has 1 N–H and O–H groups in total. The number of ether oxygens (including phenoxy) is 2. The highest BCUT2D eigenvalue weighted by Gasteiger charge is 2.34. The van der Waals surface area contributed by atoms with E-state index in [1.807, 2.05) is 4.90 Å². The number of anilines is 1. The normalized spacial score (nSPS) is 14.8. The van der Waals surface area contributed by atoms with Crippen LogP contribution in [0.15, 0.2) is 35.1 Å². The Balaban J connectivity index is 1.50. The molecule has 0 atom stereocenters.